The van der Waals surface area contributed by atoms with E-state index in [2.05, 4.69) is 132 Å². The van der Waals surface area contributed by atoms with E-state index in [4.69, 9.17) is 15.0 Å². The number of hydrogen-bond donors (Lipinski definition) is 2. The quantitative estimate of drug-likeness (QED) is 0.0373. The fourth-order valence-electron chi connectivity index (χ4n) is 20.7. The third-order valence-corrected chi connectivity index (χ3v) is 28.0. The largest absolute Gasteiger partial charge is 0.354 e. The van der Waals surface area contributed by atoms with E-state index < -0.39 is 0 Å². The van der Waals surface area contributed by atoms with E-state index in [1.54, 1.807) is 0 Å². The maximum Gasteiger partial charge on any atom is 0.163 e. The number of fused-ring (bicyclic) bond motifs is 20. The van der Waals surface area contributed by atoms with Crippen LogP contribution in [-0.2, 0) is 51.4 Å². The highest BCUT2D eigenvalue weighted by Crippen LogP contribution is 2.47. The van der Waals surface area contributed by atoms with E-state index in [1.807, 2.05) is 0 Å². The lowest BCUT2D eigenvalue weighted by Crippen LogP contribution is -1.98. The molecule has 2 N–H and O–H groups in total. The van der Waals surface area contributed by atoms with Gasteiger partial charge in [-0.25, -0.2) is 15.0 Å². The Labute approximate surface area is 738 Å². The molecule has 0 saturated carbocycles. The minimum atomic E-state index is 0.923. The number of unbranched alkanes of at least 4 members (excludes halogenated alkanes) is 56. The van der Waals surface area contributed by atoms with E-state index in [0.717, 1.165) is 79.9 Å². The van der Waals surface area contributed by atoms with Gasteiger partial charge < -0.3 is 9.97 Å². The Hall–Kier alpha value is -5.55. The van der Waals surface area contributed by atoms with Crippen LogP contribution in [0.25, 0.3) is 88.9 Å². The normalized spacial score (nSPS) is 12.1. The molecule has 0 fully saturated rings. The van der Waals surface area contributed by atoms with E-state index in [1.165, 1.54) is 516 Å². The second-order valence-corrected chi connectivity index (χ2v) is 38.4. The zero-order valence-corrected chi connectivity index (χ0v) is 79.6. The SMILES string of the molecule is CCCCCCCCCCc1ccc(CCCCCCCCCC)c2c1-c1cc3[nH]c(cc4nc(nc5[nH]c(cc-2n1)c1c(CCCCCCCCCC)ccc(CCCCCCCCCC)c51)-c1c(CCCCCCCCCC)ccc(CCCCCCCCCC)c1-4)c1c(CCCCCCCCCC)ccc(CCCCCCCCCC)c31. The second-order valence-electron chi connectivity index (χ2n) is 38.4. The number of aryl methyl sites for hydroxylation is 8. The first-order valence-electron chi connectivity index (χ1n) is 53.2. The molecule has 2 aliphatic heterocycles. The maximum atomic E-state index is 6.34. The van der Waals surface area contributed by atoms with Gasteiger partial charge in [-0.3, -0.25) is 0 Å². The van der Waals surface area contributed by atoms with Crippen LogP contribution >= 0.6 is 0 Å². The molecule has 9 rings (SSSR count). The number of hydrogen-bond acceptors (Lipinski definition) is 3. The van der Waals surface area contributed by atoms with Gasteiger partial charge in [0.05, 0.1) is 22.6 Å². The molecule has 7 aromatic rings. The van der Waals surface area contributed by atoms with Crippen LogP contribution in [0.3, 0.4) is 0 Å². The molecule has 2 aliphatic rings. The highest BCUT2D eigenvalue weighted by Gasteiger charge is 2.29. The van der Waals surface area contributed by atoms with Crippen LogP contribution in [0.4, 0.5) is 0 Å². The molecule has 120 heavy (non-hydrogen) atoms. The van der Waals surface area contributed by atoms with Gasteiger partial charge in [0.2, 0.25) is 0 Å². The summed E-state index contributed by atoms with van der Waals surface area (Å²) in [6.45, 7) is 18.8. The molecule has 5 nitrogen and oxygen atoms in total. The summed E-state index contributed by atoms with van der Waals surface area (Å²) in [5.74, 6) is 0.923. The number of rotatable bonds is 72. The van der Waals surface area contributed by atoms with Crippen LogP contribution in [0.2, 0.25) is 0 Å². The Morgan fingerprint density at radius 1 is 0.175 bits per heavy atom. The van der Waals surface area contributed by atoms with Gasteiger partial charge in [-0.15, -0.1) is 0 Å². The molecule has 0 spiro atoms. The smallest absolute Gasteiger partial charge is 0.163 e. The zero-order valence-electron chi connectivity index (χ0n) is 79.6. The summed E-state index contributed by atoms with van der Waals surface area (Å²) in [6, 6.07) is 28.6. The minimum Gasteiger partial charge on any atom is -0.354 e. The average Bonchev–Trinajstić information content (AvgIpc) is 1.58. The van der Waals surface area contributed by atoms with Crippen LogP contribution in [0.1, 0.15) is 511 Å². The van der Waals surface area contributed by atoms with Crippen molar-refractivity contribution < 1.29 is 0 Å². The van der Waals surface area contributed by atoms with Crippen molar-refractivity contribution in [2.45, 2.75) is 518 Å². The number of nitrogens with one attached hydrogen (secondary N) is 2. The predicted octanol–water partition coefficient (Wildman–Crippen LogP) is 38.1. The monoisotopic (exact) mass is 1630 g/mol. The summed E-state index contributed by atoms with van der Waals surface area (Å²) in [5.41, 5.74) is 25.4. The molecule has 0 radical (unpaired) electrons. The molecule has 666 valence electrons. The van der Waals surface area contributed by atoms with Gasteiger partial charge in [0.25, 0.3) is 0 Å². The van der Waals surface area contributed by atoms with Crippen molar-refractivity contribution in [3.63, 3.8) is 0 Å². The highest BCUT2D eigenvalue weighted by atomic mass is 15.0. The summed E-state index contributed by atoms with van der Waals surface area (Å²) in [5, 5.41) is 5.62. The molecule has 5 heterocycles. The van der Waals surface area contributed by atoms with Gasteiger partial charge in [0.15, 0.2) is 5.82 Å². The number of aromatic nitrogens is 5. The molecule has 0 amide bonds. The van der Waals surface area contributed by atoms with Gasteiger partial charge in [-0.1, -0.05) is 463 Å². The third kappa shape index (κ3) is 32.8. The molecular formula is C115H181N5. The maximum absolute atomic E-state index is 6.34. The van der Waals surface area contributed by atoms with Crippen LogP contribution in [0, 0.1) is 0 Å². The highest BCUT2D eigenvalue weighted by molar-refractivity contribution is 6.13. The van der Waals surface area contributed by atoms with Gasteiger partial charge in [-0.05, 0) is 165 Å². The molecular weight excluding hydrogens is 1450 g/mol. The molecule has 0 aliphatic carbocycles. The molecule has 0 atom stereocenters. The molecule has 8 bridgehead atoms. The summed E-state index contributed by atoms with van der Waals surface area (Å²) >= 11 is 0. The van der Waals surface area contributed by atoms with Crippen molar-refractivity contribution in [2.75, 3.05) is 0 Å². The summed E-state index contributed by atoms with van der Waals surface area (Å²) in [6.07, 6.45) is 92.8. The third-order valence-electron chi connectivity index (χ3n) is 28.0. The van der Waals surface area contributed by atoms with Crippen LogP contribution in [-0.4, -0.2) is 24.9 Å². The second kappa shape index (κ2) is 60.1. The van der Waals surface area contributed by atoms with Crippen LogP contribution < -0.4 is 0 Å². The van der Waals surface area contributed by atoms with Gasteiger partial charge in [0, 0.05) is 54.8 Å². The lowest BCUT2D eigenvalue weighted by Gasteiger charge is -2.14. The number of H-pyrrole nitrogens is 2. The predicted molar refractivity (Wildman–Crippen MR) is 533 cm³/mol. The molecule has 4 aromatic carbocycles. The Bertz CT molecular complexity index is 3580. The average molecular weight is 1630 g/mol. The fraction of sp³-hybridized carbons (Fsp3) is 0.696. The first-order valence-corrected chi connectivity index (χ1v) is 53.2. The Morgan fingerprint density at radius 3 is 0.617 bits per heavy atom. The molecule has 3 aromatic heterocycles. The Kier molecular flexibility index (Phi) is 49.2. The van der Waals surface area contributed by atoms with Crippen molar-refractivity contribution >= 4 is 43.7 Å². The lowest BCUT2D eigenvalue weighted by atomic mass is 9.88. The van der Waals surface area contributed by atoms with E-state index in [9.17, 15) is 0 Å². The van der Waals surface area contributed by atoms with Crippen molar-refractivity contribution in [1.82, 2.24) is 24.9 Å². The van der Waals surface area contributed by atoms with E-state index in [-0.39, 0.29) is 0 Å². The number of aromatic amines is 2. The molecule has 0 saturated heterocycles. The van der Waals surface area contributed by atoms with Crippen molar-refractivity contribution in [2.24, 2.45) is 0 Å². The first kappa shape index (κ1) is 98.2. The van der Waals surface area contributed by atoms with Crippen molar-refractivity contribution in [3.8, 4) is 45.2 Å². The molecule has 5 heteroatoms. The summed E-state index contributed by atoms with van der Waals surface area (Å²) < 4.78 is 0. The standard InChI is InChI=1S/C115H181N5/c1-9-17-25-33-41-49-57-65-73-92-81-83-94(75-67-59-51-43-35-27-19-11-3)108-102-90-104-110-96(77-69-61-53-45-37-29-21-13-5)85-87-98(79-71-63-55-47-39-31-23-15-7)112(110)114(118-104)120-115-113-99(80-72-64-56-48-40-32-24-16-8)88-86-97(78-70-62-54-46-38-30-22-14-6)111(113)105(119-115)91-103-109-95(76-68-60-52-44-36-28-20-12-4)84-82-93(74-66-58-50-42-34-26-18-10-2)107(109)101(117-103)89-100(116-102)106(92)108/h81-91,116H,9-80H2,1-8H3,(H,118,119,120). The van der Waals surface area contributed by atoms with Crippen LogP contribution in [0.5, 0.6) is 0 Å². The molecule has 0 unspecified atom stereocenters. The van der Waals surface area contributed by atoms with Gasteiger partial charge >= 0.3 is 0 Å². The topological polar surface area (TPSA) is 70.2 Å². The Morgan fingerprint density at radius 2 is 0.358 bits per heavy atom. The first-order chi connectivity index (χ1) is 59.4. The number of nitrogens with zero attached hydrogens (tertiary/aromatic N) is 3. The van der Waals surface area contributed by atoms with Crippen molar-refractivity contribution in [1.29, 1.82) is 0 Å². The summed E-state index contributed by atoms with van der Waals surface area (Å²) in [4.78, 5) is 27.8. The van der Waals surface area contributed by atoms with Crippen LogP contribution in [0.15, 0.2) is 66.7 Å². The van der Waals surface area contributed by atoms with Gasteiger partial charge in [-0.2, -0.15) is 0 Å². The minimum absolute atomic E-state index is 0.923. The Balaban J connectivity index is 1.37. The summed E-state index contributed by atoms with van der Waals surface area (Å²) in [7, 11) is 0. The van der Waals surface area contributed by atoms with Gasteiger partial charge in [0.1, 0.15) is 5.65 Å². The fourth-order valence-corrected chi connectivity index (χ4v) is 20.7. The van der Waals surface area contributed by atoms with E-state index in [0.29, 0.717) is 0 Å². The number of benzene rings is 4. The lowest BCUT2D eigenvalue weighted by molar-refractivity contribution is 0.575. The van der Waals surface area contributed by atoms with E-state index >= 15 is 0 Å². The van der Waals surface area contributed by atoms with Crippen molar-refractivity contribution in [3.05, 3.63) is 111 Å². The zero-order chi connectivity index (χ0) is 84.1.